The predicted molar refractivity (Wildman–Crippen MR) is 130 cm³/mol. The second-order valence-electron chi connectivity index (χ2n) is 7.34. The summed E-state index contributed by atoms with van der Waals surface area (Å²) in [5.74, 6) is 0.0312. The molecule has 0 unspecified atom stereocenters. The Morgan fingerprint density at radius 1 is 0.824 bits per heavy atom. The summed E-state index contributed by atoms with van der Waals surface area (Å²) in [6.45, 7) is -0.511. The molecule has 3 aromatic rings. The molecule has 34 heavy (non-hydrogen) atoms. The summed E-state index contributed by atoms with van der Waals surface area (Å²) in [6, 6.07) is 19.1. The Bertz CT molecular complexity index is 1250. The highest BCUT2D eigenvalue weighted by molar-refractivity contribution is 7.93. The van der Waals surface area contributed by atoms with Gasteiger partial charge in [0.25, 0.3) is 15.9 Å². The van der Waals surface area contributed by atoms with Gasteiger partial charge in [-0.1, -0.05) is 42.5 Å². The second-order valence-corrected chi connectivity index (χ2v) is 9.12. The van der Waals surface area contributed by atoms with Crippen molar-refractivity contribution in [3.05, 3.63) is 77.9 Å². The fourth-order valence-corrected chi connectivity index (χ4v) is 5.13. The van der Waals surface area contributed by atoms with E-state index < -0.39 is 22.5 Å². The molecule has 8 nitrogen and oxygen atoms in total. The molecule has 1 amide bonds. The lowest BCUT2D eigenvalue weighted by Crippen LogP contribution is -2.41. The van der Waals surface area contributed by atoms with E-state index in [1.165, 1.54) is 39.5 Å². The van der Waals surface area contributed by atoms with Crippen LogP contribution >= 0.6 is 0 Å². The Morgan fingerprint density at radius 3 is 2.12 bits per heavy atom. The van der Waals surface area contributed by atoms with E-state index in [4.69, 9.17) is 19.9 Å². The molecule has 0 saturated carbocycles. The normalized spacial score (nSPS) is 11.1. The highest BCUT2D eigenvalue weighted by Crippen LogP contribution is 2.38. The maximum absolute atomic E-state index is 13.8. The fraction of sp³-hybridized carbons (Fsp3) is 0.240. The van der Waals surface area contributed by atoms with E-state index in [2.05, 4.69) is 0 Å². The Kier molecular flexibility index (Phi) is 8.14. The topological polar surface area (TPSA) is 108 Å². The van der Waals surface area contributed by atoms with Crippen LogP contribution in [0.25, 0.3) is 0 Å². The summed E-state index contributed by atoms with van der Waals surface area (Å²) < 4.78 is 44.3. The zero-order valence-corrected chi connectivity index (χ0v) is 20.2. The number of para-hydroxylation sites is 1. The molecular weight excluding hydrogens is 456 g/mol. The van der Waals surface area contributed by atoms with Gasteiger partial charge >= 0.3 is 0 Å². The number of carbonyl (C=O) groups is 1. The van der Waals surface area contributed by atoms with E-state index in [0.29, 0.717) is 24.2 Å². The zero-order valence-electron chi connectivity index (χ0n) is 19.4. The van der Waals surface area contributed by atoms with Gasteiger partial charge in [0.15, 0.2) is 11.5 Å². The molecule has 0 radical (unpaired) electrons. The van der Waals surface area contributed by atoms with Gasteiger partial charge in [-0.2, -0.15) is 4.31 Å². The van der Waals surface area contributed by atoms with E-state index >= 15 is 0 Å². The molecule has 0 bridgehead atoms. The number of benzene rings is 3. The molecule has 0 heterocycles. The number of anilines is 1. The Morgan fingerprint density at radius 2 is 1.50 bits per heavy atom. The number of sulfonamides is 1. The molecule has 0 aromatic heterocycles. The summed E-state index contributed by atoms with van der Waals surface area (Å²) in [4.78, 5) is 12.9. The first-order valence-corrected chi connectivity index (χ1v) is 12.0. The fourth-order valence-electron chi connectivity index (χ4n) is 3.63. The van der Waals surface area contributed by atoms with Crippen LogP contribution in [-0.2, 0) is 27.7 Å². The highest BCUT2D eigenvalue weighted by Gasteiger charge is 2.34. The zero-order chi connectivity index (χ0) is 24.7. The second kappa shape index (κ2) is 11.0. The maximum atomic E-state index is 13.8. The van der Waals surface area contributed by atoms with Crippen molar-refractivity contribution in [3.8, 4) is 17.2 Å². The van der Waals surface area contributed by atoms with Gasteiger partial charge in [0, 0.05) is 6.07 Å². The minimum atomic E-state index is -4.37. The van der Waals surface area contributed by atoms with Crippen molar-refractivity contribution in [3.63, 3.8) is 0 Å². The van der Waals surface area contributed by atoms with Gasteiger partial charge in [-0.15, -0.1) is 0 Å². The quantitative estimate of drug-likeness (QED) is 0.471. The van der Waals surface area contributed by atoms with Crippen molar-refractivity contribution in [2.45, 2.75) is 17.7 Å². The first-order chi connectivity index (χ1) is 16.4. The largest absolute Gasteiger partial charge is 0.495 e. The average Bonchev–Trinajstić information content (AvgIpc) is 2.87. The van der Waals surface area contributed by atoms with E-state index in [9.17, 15) is 13.2 Å². The lowest BCUT2D eigenvalue weighted by Gasteiger charge is -2.26. The van der Waals surface area contributed by atoms with Gasteiger partial charge in [0.05, 0.1) is 32.8 Å². The lowest BCUT2D eigenvalue weighted by molar-refractivity contribution is -0.116. The minimum Gasteiger partial charge on any atom is -0.495 e. The van der Waals surface area contributed by atoms with Crippen LogP contribution in [-0.4, -0.2) is 42.2 Å². The van der Waals surface area contributed by atoms with Crippen molar-refractivity contribution >= 4 is 21.6 Å². The van der Waals surface area contributed by atoms with Gasteiger partial charge < -0.3 is 19.9 Å². The van der Waals surface area contributed by atoms with Crippen molar-refractivity contribution < 1.29 is 27.4 Å². The summed E-state index contributed by atoms with van der Waals surface area (Å²) in [5.41, 5.74) is 7.51. The van der Waals surface area contributed by atoms with E-state index in [-0.39, 0.29) is 22.1 Å². The Hall–Kier alpha value is -3.56. The molecule has 9 heteroatoms. The van der Waals surface area contributed by atoms with Crippen LogP contribution in [0.15, 0.2) is 71.6 Å². The molecule has 0 atom stereocenters. The number of hydrogen-bond acceptors (Lipinski definition) is 7. The van der Waals surface area contributed by atoms with Gasteiger partial charge in [0.2, 0.25) is 0 Å². The molecule has 3 rings (SSSR count). The molecule has 0 aliphatic carbocycles. The summed E-state index contributed by atoms with van der Waals surface area (Å²) in [5, 5.41) is 0. The molecule has 0 aliphatic rings. The molecule has 0 saturated heterocycles. The van der Waals surface area contributed by atoms with Crippen molar-refractivity contribution in [2.75, 3.05) is 32.2 Å². The first kappa shape index (κ1) is 25.1. The first-order valence-electron chi connectivity index (χ1n) is 10.6. The van der Waals surface area contributed by atoms with Crippen molar-refractivity contribution in [1.82, 2.24) is 0 Å². The van der Waals surface area contributed by atoms with Crippen LogP contribution in [0, 0.1) is 0 Å². The number of methoxy groups -OCH3 is 3. The van der Waals surface area contributed by atoms with Crippen LogP contribution in [0.2, 0.25) is 0 Å². The van der Waals surface area contributed by atoms with Gasteiger partial charge in [-0.05, 0) is 42.2 Å². The summed E-state index contributed by atoms with van der Waals surface area (Å²) in [7, 11) is -0.0980. The highest BCUT2D eigenvalue weighted by atomic mass is 32.2. The van der Waals surface area contributed by atoms with E-state index in [1.54, 1.807) is 18.2 Å². The number of aryl methyl sites for hydroxylation is 2. The van der Waals surface area contributed by atoms with Gasteiger partial charge in [-0.3, -0.25) is 4.79 Å². The SMILES string of the molecule is COc1ccc(S(=O)(=O)N(C(=O)CN)c2c(CCc3ccccc3)cccc2OC)cc1OC. The smallest absolute Gasteiger partial charge is 0.271 e. The number of carbonyl (C=O) groups excluding carboxylic acids is 1. The van der Waals surface area contributed by atoms with Crippen LogP contribution in [0.4, 0.5) is 5.69 Å². The van der Waals surface area contributed by atoms with Crippen LogP contribution < -0.4 is 24.2 Å². The monoisotopic (exact) mass is 484 g/mol. The van der Waals surface area contributed by atoms with Crippen LogP contribution in [0.1, 0.15) is 11.1 Å². The van der Waals surface area contributed by atoms with Crippen molar-refractivity contribution in [2.24, 2.45) is 5.73 Å². The third-order valence-electron chi connectivity index (χ3n) is 5.33. The molecular formula is C25H28N2O6S. The molecule has 180 valence electrons. The number of ether oxygens (including phenoxy) is 3. The third-order valence-corrected chi connectivity index (χ3v) is 7.04. The standard InChI is InChI=1S/C25H28N2O6S/c1-31-21-15-14-20(16-23(21)33-3)34(29,30)27(24(28)17-26)25-19(10-7-11-22(25)32-2)13-12-18-8-5-4-6-9-18/h4-11,14-16H,12-13,17,26H2,1-3H3. The predicted octanol–water partition coefficient (Wildman–Crippen LogP) is 3.18. The number of rotatable bonds is 10. The number of hydrogen-bond donors (Lipinski definition) is 1. The summed E-state index contributed by atoms with van der Waals surface area (Å²) >= 11 is 0. The molecule has 3 aromatic carbocycles. The van der Waals surface area contributed by atoms with Crippen molar-refractivity contribution in [1.29, 1.82) is 0 Å². The molecule has 0 fully saturated rings. The Balaban J connectivity index is 2.15. The number of nitrogens with two attached hydrogens (primary N) is 1. The maximum Gasteiger partial charge on any atom is 0.271 e. The summed E-state index contributed by atoms with van der Waals surface area (Å²) in [6.07, 6.45) is 1.12. The molecule has 0 spiro atoms. The number of nitrogens with zero attached hydrogens (tertiary/aromatic N) is 1. The van der Waals surface area contributed by atoms with Gasteiger partial charge in [0.1, 0.15) is 11.4 Å². The number of amides is 1. The van der Waals surface area contributed by atoms with E-state index in [1.807, 2.05) is 30.3 Å². The van der Waals surface area contributed by atoms with Crippen LogP contribution in [0.3, 0.4) is 0 Å². The minimum absolute atomic E-state index is 0.145. The van der Waals surface area contributed by atoms with Gasteiger partial charge in [-0.25, -0.2) is 8.42 Å². The third kappa shape index (κ3) is 5.16. The molecule has 0 aliphatic heterocycles. The average molecular weight is 485 g/mol. The lowest BCUT2D eigenvalue weighted by atomic mass is 10.0. The van der Waals surface area contributed by atoms with Crippen LogP contribution in [0.5, 0.6) is 17.2 Å². The molecule has 2 N–H and O–H groups in total. The Labute approximate surface area is 199 Å². The van der Waals surface area contributed by atoms with E-state index in [0.717, 1.165) is 9.87 Å².